The second kappa shape index (κ2) is 5.22. The number of amides is 1. The molecule has 94 valence electrons. The number of rotatable bonds is 3. The molecule has 0 aliphatic carbocycles. The molecule has 0 aliphatic rings. The van der Waals surface area contributed by atoms with E-state index in [9.17, 15) is 9.18 Å². The molecule has 1 aromatic heterocycles. The van der Waals surface area contributed by atoms with Crippen molar-refractivity contribution < 1.29 is 13.7 Å². The van der Waals surface area contributed by atoms with E-state index >= 15 is 0 Å². The fraction of sp³-hybridized carbons (Fsp3) is 0.167. The summed E-state index contributed by atoms with van der Waals surface area (Å²) < 4.78 is 17.9. The summed E-state index contributed by atoms with van der Waals surface area (Å²) in [5.74, 6) is -0.214. The molecule has 0 bridgehead atoms. The Kier molecular flexibility index (Phi) is 3.66. The minimum Gasteiger partial charge on any atom is -0.359 e. The van der Waals surface area contributed by atoms with Gasteiger partial charge >= 0.3 is 0 Å². The van der Waals surface area contributed by atoms with E-state index in [1.165, 1.54) is 18.2 Å². The molecular weight excluding hydrogens is 255 g/mol. The molecule has 0 unspecified atom stereocenters. The molecule has 4 nitrogen and oxygen atoms in total. The number of carbonyl (C=O) groups excluding carboxylic acids is 1. The fourth-order valence-corrected chi connectivity index (χ4v) is 1.64. The first-order valence-electron chi connectivity index (χ1n) is 5.25. The van der Waals surface area contributed by atoms with Gasteiger partial charge in [-0.25, -0.2) is 4.39 Å². The third-order valence-corrected chi connectivity index (χ3v) is 2.65. The van der Waals surface area contributed by atoms with Crippen molar-refractivity contribution in [2.24, 2.45) is 0 Å². The van der Waals surface area contributed by atoms with Crippen LogP contribution in [0.25, 0.3) is 0 Å². The average molecular weight is 266 g/mol. The van der Waals surface area contributed by atoms with Gasteiger partial charge in [0.15, 0.2) is 5.76 Å². The first kappa shape index (κ1) is 12.6. The van der Waals surface area contributed by atoms with Gasteiger partial charge in [0.05, 0.1) is 12.2 Å². The molecule has 1 N–H and O–H groups in total. The maximum atomic E-state index is 13.0. The van der Waals surface area contributed by atoms with Crippen LogP contribution in [0.2, 0.25) is 0 Å². The maximum Gasteiger partial charge on any atom is 0.251 e. The van der Waals surface area contributed by atoms with E-state index < -0.39 is 5.82 Å². The van der Waals surface area contributed by atoms with Crippen molar-refractivity contribution in [2.75, 3.05) is 0 Å². The van der Waals surface area contributed by atoms with Crippen molar-refractivity contribution in [3.8, 4) is 0 Å². The van der Waals surface area contributed by atoms with Crippen molar-refractivity contribution in [3.63, 3.8) is 0 Å². The summed E-state index contributed by atoms with van der Waals surface area (Å²) in [7, 11) is 0. The standard InChI is InChI=1S/C12H11FN2O2S/c1-7-4-9(17-15-7)6-14-12(16)8-2-3-10(13)11(18)5-8/h2-5,18H,6H2,1H3,(H,14,16). The quantitative estimate of drug-likeness (QED) is 0.838. The monoisotopic (exact) mass is 266 g/mol. The molecule has 0 fully saturated rings. The highest BCUT2D eigenvalue weighted by Crippen LogP contribution is 2.14. The van der Waals surface area contributed by atoms with Gasteiger partial charge in [-0.1, -0.05) is 5.16 Å². The van der Waals surface area contributed by atoms with Gasteiger partial charge in [0.2, 0.25) is 0 Å². The number of nitrogens with zero attached hydrogens (tertiary/aromatic N) is 1. The van der Waals surface area contributed by atoms with Crippen LogP contribution in [-0.2, 0) is 6.54 Å². The van der Waals surface area contributed by atoms with E-state index in [2.05, 4.69) is 23.1 Å². The minimum atomic E-state index is -0.458. The maximum absolute atomic E-state index is 13.0. The third kappa shape index (κ3) is 2.89. The lowest BCUT2D eigenvalue weighted by Crippen LogP contribution is -2.22. The molecular formula is C12H11FN2O2S. The molecule has 0 radical (unpaired) electrons. The largest absolute Gasteiger partial charge is 0.359 e. The summed E-state index contributed by atoms with van der Waals surface area (Å²) >= 11 is 3.92. The molecule has 1 amide bonds. The lowest BCUT2D eigenvalue weighted by molar-refractivity contribution is 0.0947. The fourth-order valence-electron chi connectivity index (χ4n) is 1.42. The number of thiol groups is 1. The molecule has 0 atom stereocenters. The first-order valence-corrected chi connectivity index (χ1v) is 5.70. The SMILES string of the molecule is Cc1cc(CNC(=O)c2ccc(F)c(S)c2)on1. The van der Waals surface area contributed by atoms with Crippen LogP contribution in [0, 0.1) is 12.7 Å². The number of aryl methyl sites for hydroxylation is 1. The van der Waals surface area contributed by atoms with Gasteiger partial charge in [-0.3, -0.25) is 4.79 Å². The van der Waals surface area contributed by atoms with Crippen LogP contribution in [0.15, 0.2) is 33.7 Å². The Hall–Kier alpha value is -1.82. The molecule has 0 saturated heterocycles. The van der Waals surface area contributed by atoms with Crippen LogP contribution in [-0.4, -0.2) is 11.1 Å². The van der Waals surface area contributed by atoms with Gasteiger partial charge in [-0.05, 0) is 25.1 Å². The van der Waals surface area contributed by atoms with Gasteiger partial charge in [0.25, 0.3) is 5.91 Å². The van der Waals surface area contributed by atoms with E-state index in [0.717, 1.165) is 5.69 Å². The van der Waals surface area contributed by atoms with E-state index in [-0.39, 0.29) is 17.3 Å². The number of hydrogen-bond donors (Lipinski definition) is 2. The molecule has 18 heavy (non-hydrogen) atoms. The highest BCUT2D eigenvalue weighted by molar-refractivity contribution is 7.80. The summed E-state index contributed by atoms with van der Waals surface area (Å²) in [5, 5.41) is 6.35. The van der Waals surface area contributed by atoms with Crippen molar-refractivity contribution in [1.82, 2.24) is 10.5 Å². The number of halogens is 1. The molecule has 1 aromatic carbocycles. The molecule has 2 rings (SSSR count). The normalized spacial score (nSPS) is 10.4. The summed E-state index contributed by atoms with van der Waals surface area (Å²) in [5.41, 5.74) is 1.09. The Labute approximate surface area is 109 Å². The lowest BCUT2D eigenvalue weighted by atomic mass is 10.2. The van der Waals surface area contributed by atoms with Gasteiger partial charge in [-0.15, -0.1) is 12.6 Å². The van der Waals surface area contributed by atoms with Crippen molar-refractivity contribution in [2.45, 2.75) is 18.4 Å². The second-order valence-corrected chi connectivity index (χ2v) is 4.27. The lowest BCUT2D eigenvalue weighted by Gasteiger charge is -2.04. The van der Waals surface area contributed by atoms with Gasteiger partial charge in [0.1, 0.15) is 5.82 Å². The highest BCUT2D eigenvalue weighted by Gasteiger charge is 2.09. The predicted octanol–water partition coefficient (Wildman–Crippen LogP) is 2.34. The second-order valence-electron chi connectivity index (χ2n) is 3.78. The summed E-state index contributed by atoms with van der Waals surface area (Å²) in [6, 6.07) is 5.71. The highest BCUT2D eigenvalue weighted by atomic mass is 32.1. The topological polar surface area (TPSA) is 55.1 Å². The number of hydrogen-bond acceptors (Lipinski definition) is 4. The number of aromatic nitrogens is 1. The first-order chi connectivity index (χ1) is 8.56. The van der Waals surface area contributed by atoms with Crippen molar-refractivity contribution in [1.29, 1.82) is 0 Å². The van der Waals surface area contributed by atoms with Crippen molar-refractivity contribution in [3.05, 3.63) is 47.1 Å². The Bertz CT molecular complexity index is 583. The van der Waals surface area contributed by atoms with Gasteiger partial charge in [-0.2, -0.15) is 0 Å². The minimum absolute atomic E-state index is 0.137. The molecule has 2 aromatic rings. The zero-order valence-electron chi connectivity index (χ0n) is 9.61. The van der Waals surface area contributed by atoms with E-state index in [0.29, 0.717) is 11.3 Å². The average Bonchev–Trinajstić information content (AvgIpc) is 2.75. The zero-order chi connectivity index (χ0) is 13.1. The zero-order valence-corrected chi connectivity index (χ0v) is 10.5. The van der Waals surface area contributed by atoms with E-state index in [1.807, 2.05) is 0 Å². The number of benzene rings is 1. The van der Waals surface area contributed by atoms with Gasteiger partial charge in [0, 0.05) is 16.5 Å². The van der Waals surface area contributed by atoms with Crippen molar-refractivity contribution >= 4 is 18.5 Å². The van der Waals surface area contributed by atoms with Crippen LogP contribution in [0.5, 0.6) is 0 Å². The smallest absolute Gasteiger partial charge is 0.251 e. The van der Waals surface area contributed by atoms with Crippen LogP contribution in [0.3, 0.4) is 0 Å². The molecule has 1 heterocycles. The molecule has 6 heteroatoms. The Morgan fingerprint density at radius 1 is 1.50 bits per heavy atom. The van der Waals surface area contributed by atoms with Crippen LogP contribution in [0.1, 0.15) is 21.8 Å². The molecule has 0 aliphatic heterocycles. The summed E-state index contributed by atoms with van der Waals surface area (Å²) in [4.78, 5) is 11.9. The summed E-state index contributed by atoms with van der Waals surface area (Å²) in [6.07, 6.45) is 0. The Morgan fingerprint density at radius 3 is 2.89 bits per heavy atom. The molecule has 0 spiro atoms. The van der Waals surface area contributed by atoms with Gasteiger partial charge < -0.3 is 9.84 Å². The molecule has 0 saturated carbocycles. The third-order valence-electron chi connectivity index (χ3n) is 2.31. The number of nitrogens with one attached hydrogen (secondary N) is 1. The Morgan fingerprint density at radius 2 is 2.28 bits per heavy atom. The number of carbonyl (C=O) groups is 1. The van der Waals surface area contributed by atoms with Crippen LogP contribution >= 0.6 is 12.6 Å². The summed E-state index contributed by atoms with van der Waals surface area (Å²) in [6.45, 7) is 2.03. The predicted molar refractivity (Wildman–Crippen MR) is 66.1 cm³/mol. The van der Waals surface area contributed by atoms with Crippen LogP contribution < -0.4 is 5.32 Å². The van der Waals surface area contributed by atoms with E-state index in [1.54, 1.807) is 13.0 Å². The van der Waals surface area contributed by atoms with Crippen LogP contribution in [0.4, 0.5) is 4.39 Å². The Balaban J connectivity index is 2.01. The van der Waals surface area contributed by atoms with E-state index in [4.69, 9.17) is 4.52 Å².